The van der Waals surface area contributed by atoms with Gasteiger partial charge in [0.15, 0.2) is 5.76 Å². The summed E-state index contributed by atoms with van der Waals surface area (Å²) in [7, 11) is -1.16. The quantitative estimate of drug-likeness (QED) is 0.327. The average Bonchev–Trinajstić information content (AvgIpc) is 3.17. The lowest BCUT2D eigenvalue weighted by Crippen LogP contribution is -2.33. The number of hydrogen-bond donors (Lipinski definition) is 1. The fourth-order valence-electron chi connectivity index (χ4n) is 2.73. The Bertz CT molecular complexity index is 565. The third kappa shape index (κ3) is 9.66. The lowest BCUT2D eigenvalue weighted by Gasteiger charge is -2.35. The molecule has 158 valence electrons. The highest BCUT2D eigenvalue weighted by Gasteiger charge is 2.26. The third-order valence-electron chi connectivity index (χ3n) is 3.97. The number of rotatable bonds is 15. The van der Waals surface area contributed by atoms with Gasteiger partial charge in [-0.1, -0.05) is 12.8 Å². The molecule has 1 amide bonds. The van der Waals surface area contributed by atoms with E-state index in [1.54, 1.807) is 12.1 Å². The minimum absolute atomic E-state index is 0.170. The fourth-order valence-corrected chi connectivity index (χ4v) is 4.36. The highest BCUT2D eigenvalue weighted by Crippen LogP contribution is 2.46. The van der Waals surface area contributed by atoms with Crippen LogP contribution in [0.5, 0.6) is 0 Å². The Hall–Kier alpha value is -1.45. The lowest BCUT2D eigenvalue weighted by molar-refractivity contribution is 0.0925. The first kappa shape index (κ1) is 24.6. The van der Waals surface area contributed by atoms with Crippen LogP contribution in [0.1, 0.15) is 70.4 Å². The minimum Gasteiger partial charge on any atom is -0.459 e. The van der Waals surface area contributed by atoms with Crippen molar-refractivity contribution in [3.63, 3.8) is 0 Å². The predicted octanol–water partition coefficient (Wildman–Crippen LogP) is 4.86. The third-order valence-corrected chi connectivity index (χ3v) is 6.07. The largest absolute Gasteiger partial charge is 0.459 e. The molecule has 0 aliphatic heterocycles. The Kier molecular flexibility index (Phi) is 12.8. The Morgan fingerprint density at radius 1 is 1.18 bits per heavy atom. The van der Waals surface area contributed by atoms with Gasteiger partial charge in [-0.25, -0.2) is 4.67 Å². The zero-order chi connectivity index (χ0) is 20.8. The Morgan fingerprint density at radius 2 is 1.86 bits per heavy atom. The van der Waals surface area contributed by atoms with Crippen LogP contribution in [0.4, 0.5) is 0 Å². The molecule has 28 heavy (non-hydrogen) atoms. The molecule has 1 N–H and O–H groups in total. The number of unbranched alkanes of at least 4 members (excludes halogenated alkanes) is 3. The normalized spacial score (nSPS) is 12.5. The van der Waals surface area contributed by atoms with Crippen molar-refractivity contribution in [3.8, 4) is 6.07 Å². The van der Waals surface area contributed by atoms with Crippen molar-refractivity contribution < 1.29 is 18.3 Å². The molecule has 1 aromatic heterocycles. The summed E-state index contributed by atoms with van der Waals surface area (Å²) in [6.45, 7) is 10.2. The van der Waals surface area contributed by atoms with Crippen LogP contribution in [0.15, 0.2) is 22.8 Å². The van der Waals surface area contributed by atoms with E-state index >= 15 is 0 Å². The van der Waals surface area contributed by atoms with Gasteiger partial charge in [-0.2, -0.15) is 5.26 Å². The molecule has 0 saturated carbocycles. The molecule has 1 rings (SSSR count). The minimum atomic E-state index is -1.16. The first-order chi connectivity index (χ1) is 13.5. The first-order valence-corrected chi connectivity index (χ1v) is 11.1. The smallest absolute Gasteiger partial charge is 0.286 e. The number of carbonyl (C=O) groups excluding carboxylic acids is 1. The van der Waals surface area contributed by atoms with E-state index < -0.39 is 8.53 Å². The van der Waals surface area contributed by atoms with Crippen molar-refractivity contribution in [2.45, 2.75) is 71.9 Å². The van der Waals surface area contributed by atoms with Crippen molar-refractivity contribution in [3.05, 3.63) is 24.2 Å². The van der Waals surface area contributed by atoms with E-state index in [1.807, 2.05) is 0 Å². The lowest BCUT2D eigenvalue weighted by atomic mass is 10.2. The second-order valence-electron chi connectivity index (χ2n) is 7.03. The molecule has 1 heterocycles. The van der Waals surface area contributed by atoms with Crippen LogP contribution in [0.2, 0.25) is 0 Å². The number of carbonyl (C=O) groups is 1. The van der Waals surface area contributed by atoms with Gasteiger partial charge in [0.05, 0.1) is 32.0 Å². The van der Waals surface area contributed by atoms with Gasteiger partial charge in [0, 0.05) is 18.6 Å². The second kappa shape index (κ2) is 14.5. The molecule has 0 aliphatic carbocycles. The summed E-state index contributed by atoms with van der Waals surface area (Å²) < 4.78 is 19.2. The van der Waals surface area contributed by atoms with Crippen LogP contribution in [0, 0.1) is 11.3 Å². The fraction of sp³-hybridized carbons (Fsp3) is 0.700. The van der Waals surface area contributed by atoms with Crippen LogP contribution in [-0.2, 0) is 9.05 Å². The maximum absolute atomic E-state index is 11.7. The van der Waals surface area contributed by atoms with Gasteiger partial charge >= 0.3 is 0 Å². The van der Waals surface area contributed by atoms with Gasteiger partial charge < -0.3 is 18.8 Å². The number of furan rings is 1. The van der Waals surface area contributed by atoms with E-state index in [9.17, 15) is 4.79 Å². The van der Waals surface area contributed by atoms with E-state index in [-0.39, 0.29) is 5.91 Å². The molecular formula is C20H34N3O4P. The molecule has 0 aromatic carbocycles. The van der Waals surface area contributed by atoms with Gasteiger partial charge in [0.1, 0.15) is 0 Å². The van der Waals surface area contributed by atoms with Gasteiger partial charge in [0.2, 0.25) is 0 Å². The van der Waals surface area contributed by atoms with Crippen LogP contribution < -0.4 is 5.32 Å². The van der Waals surface area contributed by atoms with Gasteiger partial charge in [-0.3, -0.25) is 4.79 Å². The summed E-state index contributed by atoms with van der Waals surface area (Å²) in [5.41, 5.74) is 0. The van der Waals surface area contributed by atoms with E-state index in [1.165, 1.54) is 6.26 Å². The zero-order valence-corrected chi connectivity index (χ0v) is 18.4. The van der Waals surface area contributed by atoms with Gasteiger partial charge in [-0.15, -0.1) is 0 Å². The molecule has 1 unspecified atom stereocenters. The molecular weight excluding hydrogens is 377 g/mol. The summed E-state index contributed by atoms with van der Waals surface area (Å²) in [5.74, 6) is 0.175. The van der Waals surface area contributed by atoms with Crippen molar-refractivity contribution in [1.29, 1.82) is 5.26 Å². The number of nitrogens with zero attached hydrogens (tertiary/aromatic N) is 2. The maximum Gasteiger partial charge on any atom is 0.286 e. The first-order valence-electron chi connectivity index (χ1n) is 10.00. The van der Waals surface area contributed by atoms with E-state index in [4.69, 9.17) is 18.7 Å². The van der Waals surface area contributed by atoms with Crippen molar-refractivity contribution >= 4 is 14.4 Å². The molecule has 8 heteroatoms. The van der Waals surface area contributed by atoms with E-state index in [0.29, 0.717) is 44.0 Å². The molecule has 0 saturated heterocycles. The molecule has 0 aliphatic rings. The average molecular weight is 411 g/mol. The molecule has 1 atom stereocenters. The predicted molar refractivity (Wildman–Crippen MR) is 111 cm³/mol. The highest BCUT2D eigenvalue weighted by atomic mass is 31.2. The highest BCUT2D eigenvalue weighted by molar-refractivity contribution is 7.44. The molecule has 0 bridgehead atoms. The molecule has 0 radical (unpaired) electrons. The Balaban J connectivity index is 2.22. The zero-order valence-electron chi connectivity index (χ0n) is 17.5. The van der Waals surface area contributed by atoms with Crippen molar-refractivity contribution in [2.24, 2.45) is 0 Å². The molecule has 7 nitrogen and oxygen atoms in total. The van der Waals surface area contributed by atoms with Crippen LogP contribution in [-0.4, -0.2) is 42.4 Å². The van der Waals surface area contributed by atoms with E-state index in [0.717, 1.165) is 25.7 Å². The standard InChI is InChI=1S/C20H34N3O4P/c1-17(2)23(18(3)4)28(27-16-10-12-21)26-15-8-6-5-7-13-22-20(24)19-11-9-14-25-19/h9,11,14,17-18H,5-8,10,13,15-16H2,1-4H3,(H,22,24). The summed E-state index contributed by atoms with van der Waals surface area (Å²) in [5, 5.41) is 11.6. The van der Waals surface area contributed by atoms with Crippen molar-refractivity contribution in [2.75, 3.05) is 19.8 Å². The summed E-state index contributed by atoms with van der Waals surface area (Å²) >= 11 is 0. The summed E-state index contributed by atoms with van der Waals surface area (Å²) in [6.07, 6.45) is 5.78. The summed E-state index contributed by atoms with van der Waals surface area (Å²) in [6, 6.07) is 6.09. The molecule has 1 aromatic rings. The summed E-state index contributed by atoms with van der Waals surface area (Å²) in [4.78, 5) is 11.7. The SMILES string of the molecule is CC(C)N(C(C)C)P(OCCC#N)OCCCCCCNC(=O)c1ccco1. The van der Waals surface area contributed by atoms with Crippen LogP contribution in [0.25, 0.3) is 0 Å². The maximum atomic E-state index is 11.7. The van der Waals surface area contributed by atoms with Crippen LogP contribution >= 0.6 is 8.53 Å². The number of nitrogens with one attached hydrogen (secondary N) is 1. The monoisotopic (exact) mass is 411 g/mol. The van der Waals surface area contributed by atoms with Crippen LogP contribution in [0.3, 0.4) is 0 Å². The Morgan fingerprint density at radius 3 is 2.46 bits per heavy atom. The number of nitriles is 1. The van der Waals surface area contributed by atoms with Crippen molar-refractivity contribution in [1.82, 2.24) is 9.99 Å². The van der Waals surface area contributed by atoms with Gasteiger partial charge in [-0.05, 0) is 52.7 Å². The Labute approximate surface area is 170 Å². The van der Waals surface area contributed by atoms with Gasteiger partial charge in [0.25, 0.3) is 14.4 Å². The number of amides is 1. The number of hydrogen-bond acceptors (Lipinski definition) is 6. The molecule has 0 spiro atoms. The topological polar surface area (TPSA) is 87.7 Å². The second-order valence-corrected chi connectivity index (χ2v) is 8.48. The molecule has 0 fully saturated rings. The van der Waals surface area contributed by atoms with E-state index in [2.05, 4.69) is 43.8 Å².